The van der Waals surface area contributed by atoms with Crippen molar-refractivity contribution >= 4 is 11.8 Å². The molecule has 1 aliphatic heterocycles. The van der Waals surface area contributed by atoms with Crippen LogP contribution in [0.25, 0.3) is 0 Å². The van der Waals surface area contributed by atoms with E-state index in [0.29, 0.717) is 10.8 Å². The Hall–Kier alpha value is -0.980. The third-order valence-electron chi connectivity index (χ3n) is 3.60. The summed E-state index contributed by atoms with van der Waals surface area (Å²) in [4.78, 5) is 0. The van der Waals surface area contributed by atoms with E-state index >= 15 is 0 Å². The van der Waals surface area contributed by atoms with Crippen LogP contribution < -0.4 is 5.32 Å². The molecule has 0 amide bonds. The highest BCUT2D eigenvalue weighted by atomic mass is 32.2. The van der Waals surface area contributed by atoms with E-state index < -0.39 is 0 Å². The van der Waals surface area contributed by atoms with Gasteiger partial charge in [-0.2, -0.15) is 17.0 Å². The van der Waals surface area contributed by atoms with E-state index in [4.69, 9.17) is 5.26 Å². The maximum absolute atomic E-state index is 8.91. The molecule has 0 saturated carbocycles. The monoisotopic (exact) mass is 260 g/mol. The molecule has 1 aromatic carbocycles. The van der Waals surface area contributed by atoms with Gasteiger partial charge in [0.15, 0.2) is 0 Å². The van der Waals surface area contributed by atoms with E-state index in [-0.39, 0.29) is 0 Å². The molecule has 3 heteroatoms. The fraction of sp³-hybridized carbons (Fsp3) is 0.533. The maximum atomic E-state index is 8.91. The van der Waals surface area contributed by atoms with Crippen LogP contribution in [-0.4, -0.2) is 17.0 Å². The summed E-state index contributed by atoms with van der Waals surface area (Å²) < 4.78 is 0.390. The average Bonchev–Trinajstić information content (AvgIpc) is 2.83. The first-order valence-electron chi connectivity index (χ1n) is 6.50. The van der Waals surface area contributed by atoms with Crippen LogP contribution in [0, 0.1) is 11.3 Å². The fourth-order valence-electron chi connectivity index (χ4n) is 2.34. The van der Waals surface area contributed by atoms with Crippen LogP contribution >= 0.6 is 11.8 Å². The Morgan fingerprint density at radius 3 is 3.06 bits per heavy atom. The van der Waals surface area contributed by atoms with Crippen molar-refractivity contribution in [3.8, 4) is 6.07 Å². The molecule has 1 heterocycles. The lowest BCUT2D eigenvalue weighted by Gasteiger charge is -2.26. The normalized spacial score (nSPS) is 24.7. The smallest absolute Gasteiger partial charge is 0.0991 e. The molecular weight excluding hydrogens is 240 g/mol. The lowest BCUT2D eigenvalue weighted by molar-refractivity contribution is 0.490. The van der Waals surface area contributed by atoms with Gasteiger partial charge >= 0.3 is 0 Å². The van der Waals surface area contributed by atoms with Crippen LogP contribution in [0.5, 0.6) is 0 Å². The number of nitrogens with one attached hydrogen (secondary N) is 1. The summed E-state index contributed by atoms with van der Waals surface area (Å²) in [6, 6.07) is 10.4. The van der Waals surface area contributed by atoms with Crippen molar-refractivity contribution in [1.82, 2.24) is 5.32 Å². The summed E-state index contributed by atoms with van der Waals surface area (Å²) in [6.07, 6.45) is 2.64. The molecule has 96 valence electrons. The lowest BCUT2D eigenvalue weighted by atomic mass is 10.0. The van der Waals surface area contributed by atoms with Gasteiger partial charge in [-0.25, -0.2) is 0 Å². The molecule has 2 rings (SSSR count). The van der Waals surface area contributed by atoms with Crippen molar-refractivity contribution in [2.45, 2.75) is 37.5 Å². The summed E-state index contributed by atoms with van der Waals surface area (Å²) in [6.45, 7) is 5.55. The van der Waals surface area contributed by atoms with E-state index in [1.165, 1.54) is 24.2 Å². The van der Waals surface area contributed by atoms with Gasteiger partial charge in [-0.05, 0) is 50.1 Å². The van der Waals surface area contributed by atoms with Gasteiger partial charge < -0.3 is 5.32 Å². The first-order valence-corrected chi connectivity index (χ1v) is 7.49. The fourth-order valence-corrected chi connectivity index (χ4v) is 3.60. The quantitative estimate of drug-likeness (QED) is 0.900. The van der Waals surface area contributed by atoms with Crippen LogP contribution in [0.4, 0.5) is 0 Å². The first kappa shape index (κ1) is 13.5. The molecule has 1 aliphatic rings. The Morgan fingerprint density at radius 1 is 1.56 bits per heavy atom. The summed E-state index contributed by atoms with van der Waals surface area (Å²) in [5.74, 6) is 1.29. The molecular formula is C15H20N2S. The highest BCUT2D eigenvalue weighted by Gasteiger charge is 2.29. The second kappa shape index (κ2) is 5.77. The minimum atomic E-state index is 0.302. The third-order valence-corrected chi connectivity index (χ3v) is 5.14. The van der Waals surface area contributed by atoms with E-state index in [1.54, 1.807) is 0 Å². The SMILES string of the molecule is CC(NCC1(C)CCCS1)c1cccc(C#N)c1. The minimum Gasteiger partial charge on any atom is -0.309 e. The second-order valence-corrected chi connectivity index (χ2v) is 6.92. The number of rotatable bonds is 4. The molecule has 1 N–H and O–H groups in total. The van der Waals surface area contributed by atoms with E-state index in [9.17, 15) is 0 Å². The van der Waals surface area contributed by atoms with Gasteiger partial charge in [0.05, 0.1) is 11.6 Å². The number of hydrogen-bond donors (Lipinski definition) is 1. The molecule has 1 aromatic rings. The molecule has 1 fully saturated rings. The van der Waals surface area contributed by atoms with Crippen LogP contribution in [0.3, 0.4) is 0 Å². The number of nitriles is 1. The zero-order valence-corrected chi connectivity index (χ0v) is 11.9. The van der Waals surface area contributed by atoms with E-state index in [1.807, 2.05) is 18.2 Å². The summed E-state index contributed by atoms with van der Waals surface area (Å²) in [5, 5.41) is 12.5. The minimum absolute atomic E-state index is 0.302. The lowest BCUT2D eigenvalue weighted by Crippen LogP contribution is -2.34. The predicted octanol–water partition coefficient (Wildman–Crippen LogP) is 3.49. The Balaban J connectivity index is 1.95. The highest BCUT2D eigenvalue weighted by molar-refractivity contribution is 8.00. The molecule has 2 nitrogen and oxygen atoms in total. The van der Waals surface area contributed by atoms with Crippen LogP contribution in [0.1, 0.15) is 43.9 Å². The van der Waals surface area contributed by atoms with Crippen molar-refractivity contribution in [3.63, 3.8) is 0 Å². The van der Waals surface area contributed by atoms with Gasteiger partial charge in [0.2, 0.25) is 0 Å². The van der Waals surface area contributed by atoms with Crippen molar-refractivity contribution in [1.29, 1.82) is 5.26 Å². The molecule has 0 aromatic heterocycles. The summed E-state index contributed by atoms with van der Waals surface area (Å²) in [7, 11) is 0. The molecule has 2 atom stereocenters. The number of hydrogen-bond acceptors (Lipinski definition) is 3. The maximum Gasteiger partial charge on any atom is 0.0991 e. The van der Waals surface area contributed by atoms with Gasteiger partial charge in [-0.3, -0.25) is 0 Å². The predicted molar refractivity (Wildman–Crippen MR) is 77.7 cm³/mol. The topological polar surface area (TPSA) is 35.8 Å². The van der Waals surface area contributed by atoms with Crippen molar-refractivity contribution < 1.29 is 0 Å². The molecule has 0 spiro atoms. The van der Waals surface area contributed by atoms with Crippen molar-refractivity contribution in [2.75, 3.05) is 12.3 Å². The zero-order valence-electron chi connectivity index (χ0n) is 11.1. The third kappa shape index (κ3) is 3.28. The van der Waals surface area contributed by atoms with E-state index in [0.717, 1.165) is 12.1 Å². The van der Waals surface area contributed by atoms with Crippen LogP contribution in [0.2, 0.25) is 0 Å². The first-order chi connectivity index (χ1) is 8.63. The molecule has 0 bridgehead atoms. The molecule has 18 heavy (non-hydrogen) atoms. The highest BCUT2D eigenvalue weighted by Crippen LogP contribution is 2.37. The Bertz CT molecular complexity index is 444. The Morgan fingerprint density at radius 2 is 2.39 bits per heavy atom. The zero-order chi connectivity index (χ0) is 13.0. The Kier molecular flexibility index (Phi) is 4.31. The number of benzene rings is 1. The van der Waals surface area contributed by atoms with Crippen LogP contribution in [-0.2, 0) is 0 Å². The second-order valence-electron chi connectivity index (χ2n) is 5.24. The number of thioether (sulfide) groups is 1. The standard InChI is InChI=1S/C15H20N2S/c1-12(14-6-3-5-13(9-14)10-16)17-11-15(2)7-4-8-18-15/h3,5-6,9,12,17H,4,7-8,11H2,1-2H3. The number of nitrogens with zero attached hydrogens (tertiary/aromatic N) is 1. The van der Waals surface area contributed by atoms with Gasteiger partial charge in [-0.1, -0.05) is 12.1 Å². The molecule has 0 radical (unpaired) electrons. The van der Waals surface area contributed by atoms with E-state index in [2.05, 4.69) is 43.1 Å². The summed E-state index contributed by atoms with van der Waals surface area (Å²) >= 11 is 2.07. The molecule has 1 saturated heterocycles. The van der Waals surface area contributed by atoms with Gasteiger partial charge in [0.1, 0.15) is 0 Å². The van der Waals surface area contributed by atoms with Gasteiger partial charge in [-0.15, -0.1) is 0 Å². The largest absolute Gasteiger partial charge is 0.309 e. The average molecular weight is 260 g/mol. The summed E-state index contributed by atoms with van der Waals surface area (Å²) in [5.41, 5.74) is 1.93. The van der Waals surface area contributed by atoms with Gasteiger partial charge in [0.25, 0.3) is 0 Å². The van der Waals surface area contributed by atoms with Crippen molar-refractivity contribution in [2.24, 2.45) is 0 Å². The van der Waals surface area contributed by atoms with Gasteiger partial charge in [0, 0.05) is 17.3 Å². The Labute approximate surface area is 114 Å². The van der Waals surface area contributed by atoms with Crippen LogP contribution in [0.15, 0.2) is 24.3 Å². The van der Waals surface area contributed by atoms with Crippen molar-refractivity contribution in [3.05, 3.63) is 35.4 Å². The molecule has 0 aliphatic carbocycles. The molecule has 2 unspecified atom stereocenters.